The van der Waals surface area contributed by atoms with Gasteiger partial charge in [0.15, 0.2) is 24.0 Å². The fourth-order valence-corrected chi connectivity index (χ4v) is 2.09. The number of benzene rings is 2. The van der Waals surface area contributed by atoms with Gasteiger partial charge in [-0.25, -0.2) is 8.78 Å². The van der Waals surface area contributed by atoms with Crippen LogP contribution in [0.15, 0.2) is 18.2 Å². The van der Waals surface area contributed by atoms with E-state index in [4.69, 9.17) is 16.3 Å². The van der Waals surface area contributed by atoms with Gasteiger partial charge in [-0.3, -0.25) is 4.79 Å². The Balaban J connectivity index is 2.14. The summed E-state index contributed by atoms with van der Waals surface area (Å²) in [6.45, 7) is 0.801. The summed E-state index contributed by atoms with van der Waals surface area (Å²) in [7, 11) is 1.35. The summed E-state index contributed by atoms with van der Waals surface area (Å²) >= 11 is 5.94. The molecule has 1 N–H and O–H groups in total. The maximum absolute atomic E-state index is 13.5. The number of hydrogen-bond donors (Lipinski definition) is 1. The molecule has 0 spiro atoms. The molecule has 0 aliphatic carbocycles. The van der Waals surface area contributed by atoms with Crippen LogP contribution in [0.2, 0.25) is 5.02 Å². The zero-order valence-electron chi connectivity index (χ0n) is 13.1. The highest BCUT2D eigenvalue weighted by Crippen LogP contribution is 2.31. The van der Waals surface area contributed by atoms with E-state index in [1.165, 1.54) is 19.2 Å². The summed E-state index contributed by atoms with van der Waals surface area (Å²) < 4.78 is 62.7. The van der Waals surface area contributed by atoms with Crippen molar-refractivity contribution >= 4 is 23.2 Å². The Kier molecular flexibility index (Phi) is 5.73. The number of anilines is 1. The number of hydrogen-bond acceptors (Lipinski definition) is 3. The fourth-order valence-electron chi connectivity index (χ4n) is 1.93. The number of ether oxygens (including phenoxy) is 2. The molecule has 0 fully saturated rings. The normalized spacial score (nSPS) is 10.5. The molecule has 0 saturated heterocycles. The second-order valence-corrected chi connectivity index (χ2v) is 5.34. The molecule has 2 aromatic carbocycles. The number of carbonyl (C=O) groups is 1. The highest BCUT2D eigenvalue weighted by atomic mass is 35.5. The van der Waals surface area contributed by atoms with E-state index in [2.05, 4.69) is 10.1 Å². The lowest BCUT2D eigenvalue weighted by atomic mass is 10.2. The Morgan fingerprint density at radius 1 is 1.12 bits per heavy atom. The molecule has 0 aromatic heterocycles. The van der Waals surface area contributed by atoms with Gasteiger partial charge in [0, 0.05) is 17.2 Å². The molecule has 9 heteroatoms. The monoisotopic (exact) mass is 377 g/mol. The van der Waals surface area contributed by atoms with E-state index in [0.29, 0.717) is 10.6 Å². The topological polar surface area (TPSA) is 47.6 Å². The largest absolute Gasteiger partial charge is 0.495 e. The first kappa shape index (κ1) is 18.9. The number of amides is 1. The van der Waals surface area contributed by atoms with Crippen molar-refractivity contribution in [3.8, 4) is 11.5 Å². The minimum absolute atomic E-state index is 0.0406. The van der Waals surface area contributed by atoms with Gasteiger partial charge in [0.05, 0.1) is 12.8 Å². The van der Waals surface area contributed by atoms with Crippen LogP contribution < -0.4 is 14.8 Å². The average molecular weight is 378 g/mol. The quantitative estimate of drug-likeness (QED) is 0.626. The van der Waals surface area contributed by atoms with Crippen molar-refractivity contribution in [2.75, 3.05) is 19.0 Å². The van der Waals surface area contributed by atoms with Gasteiger partial charge in [0.1, 0.15) is 5.75 Å². The third-order valence-electron chi connectivity index (χ3n) is 3.17. The van der Waals surface area contributed by atoms with Gasteiger partial charge in [-0.1, -0.05) is 11.6 Å². The third-order valence-corrected chi connectivity index (χ3v) is 3.58. The summed E-state index contributed by atoms with van der Waals surface area (Å²) in [5.74, 6) is -8.62. The van der Waals surface area contributed by atoms with Gasteiger partial charge < -0.3 is 14.8 Å². The Bertz CT molecular complexity index is 804. The van der Waals surface area contributed by atoms with Crippen molar-refractivity contribution in [2.45, 2.75) is 6.92 Å². The lowest BCUT2D eigenvalue weighted by molar-refractivity contribution is -0.118. The molecule has 2 rings (SSSR count). The van der Waals surface area contributed by atoms with E-state index in [0.717, 1.165) is 0 Å². The third kappa shape index (κ3) is 4.14. The first-order valence-corrected chi connectivity index (χ1v) is 7.22. The molecule has 4 nitrogen and oxygen atoms in total. The standard InChI is InChI=1S/C16H12ClF4NO3/c1-7-3-11(12(24-2)4-8(7)17)22-13(23)6-25-16-14(20)9(18)5-10(19)15(16)21/h3-5H,6H2,1-2H3,(H,22,23). The molecule has 1 amide bonds. The van der Waals surface area contributed by atoms with Gasteiger partial charge >= 0.3 is 0 Å². The van der Waals surface area contributed by atoms with Gasteiger partial charge in [-0.15, -0.1) is 0 Å². The summed E-state index contributed by atoms with van der Waals surface area (Å²) in [5.41, 5.74) is 0.882. The molecule has 2 aromatic rings. The van der Waals surface area contributed by atoms with Gasteiger partial charge in [0.2, 0.25) is 11.6 Å². The second kappa shape index (κ2) is 7.60. The maximum atomic E-state index is 13.5. The highest BCUT2D eigenvalue weighted by Gasteiger charge is 2.21. The molecule has 0 bridgehead atoms. The van der Waals surface area contributed by atoms with Crippen molar-refractivity contribution in [3.05, 3.63) is 52.1 Å². The molecular weight excluding hydrogens is 366 g/mol. The number of aryl methyl sites for hydroxylation is 1. The number of nitrogens with one attached hydrogen (secondary N) is 1. The van der Waals surface area contributed by atoms with E-state index in [1.807, 2.05) is 0 Å². The van der Waals surface area contributed by atoms with E-state index in [9.17, 15) is 22.4 Å². The van der Waals surface area contributed by atoms with E-state index in [1.54, 1.807) is 6.92 Å². The SMILES string of the molecule is COc1cc(Cl)c(C)cc1NC(=O)COc1c(F)c(F)cc(F)c1F. The van der Waals surface area contributed by atoms with Gasteiger partial charge in [-0.2, -0.15) is 8.78 Å². The minimum atomic E-state index is -1.73. The zero-order chi connectivity index (χ0) is 18.7. The average Bonchev–Trinajstić information content (AvgIpc) is 2.56. The number of carbonyl (C=O) groups excluding carboxylic acids is 1. The lowest BCUT2D eigenvalue weighted by Crippen LogP contribution is -2.21. The van der Waals surface area contributed by atoms with Crippen molar-refractivity contribution in [1.82, 2.24) is 0 Å². The van der Waals surface area contributed by atoms with Crippen LogP contribution in [0.5, 0.6) is 11.5 Å². The summed E-state index contributed by atoms with van der Waals surface area (Å²) in [6, 6.07) is 3.02. The molecule has 0 aliphatic rings. The molecule has 0 saturated carbocycles. The molecular formula is C16H12ClF4NO3. The van der Waals surface area contributed by atoms with Crippen LogP contribution in [0, 0.1) is 30.2 Å². The van der Waals surface area contributed by atoms with Crippen molar-refractivity contribution < 1.29 is 31.8 Å². The first-order valence-electron chi connectivity index (χ1n) is 6.84. The van der Waals surface area contributed by atoms with Crippen LogP contribution in [0.1, 0.15) is 5.56 Å². The van der Waals surface area contributed by atoms with Gasteiger partial charge in [0.25, 0.3) is 5.91 Å². The van der Waals surface area contributed by atoms with E-state index >= 15 is 0 Å². The zero-order valence-corrected chi connectivity index (χ0v) is 13.8. The Morgan fingerprint density at radius 3 is 2.28 bits per heavy atom. The maximum Gasteiger partial charge on any atom is 0.262 e. The van der Waals surface area contributed by atoms with Crippen LogP contribution in [-0.2, 0) is 4.79 Å². The van der Waals surface area contributed by atoms with Crippen molar-refractivity contribution in [3.63, 3.8) is 0 Å². The first-order chi connectivity index (χ1) is 11.7. The fraction of sp³-hybridized carbons (Fsp3) is 0.188. The summed E-state index contributed by atoms with van der Waals surface area (Å²) in [5, 5.41) is 2.80. The van der Waals surface area contributed by atoms with Crippen LogP contribution in [0.4, 0.5) is 23.2 Å². The van der Waals surface area contributed by atoms with Crippen LogP contribution in [-0.4, -0.2) is 19.6 Å². The predicted molar refractivity (Wildman–Crippen MR) is 83.1 cm³/mol. The highest BCUT2D eigenvalue weighted by molar-refractivity contribution is 6.31. The number of rotatable bonds is 5. The smallest absolute Gasteiger partial charge is 0.262 e. The van der Waals surface area contributed by atoms with Crippen LogP contribution >= 0.6 is 11.6 Å². The molecule has 0 aliphatic heterocycles. The molecule has 134 valence electrons. The van der Waals surface area contributed by atoms with Crippen molar-refractivity contribution in [2.24, 2.45) is 0 Å². The van der Waals surface area contributed by atoms with E-state index < -0.39 is 41.5 Å². The lowest BCUT2D eigenvalue weighted by Gasteiger charge is -2.13. The number of methoxy groups -OCH3 is 1. The summed E-state index contributed by atoms with van der Waals surface area (Å²) in [6.07, 6.45) is 0. The molecule has 25 heavy (non-hydrogen) atoms. The van der Waals surface area contributed by atoms with Crippen molar-refractivity contribution in [1.29, 1.82) is 0 Å². The predicted octanol–water partition coefficient (Wildman–Crippen LogP) is 4.23. The Hall–Kier alpha value is -2.48. The van der Waals surface area contributed by atoms with Crippen LogP contribution in [0.25, 0.3) is 0 Å². The molecule has 0 radical (unpaired) electrons. The molecule has 0 atom stereocenters. The van der Waals surface area contributed by atoms with Gasteiger partial charge in [-0.05, 0) is 18.6 Å². The Labute approximate surface area is 145 Å². The summed E-state index contributed by atoms with van der Waals surface area (Å²) in [4.78, 5) is 11.9. The second-order valence-electron chi connectivity index (χ2n) is 4.94. The van der Waals surface area contributed by atoms with Crippen LogP contribution in [0.3, 0.4) is 0 Å². The van der Waals surface area contributed by atoms with E-state index in [-0.39, 0.29) is 17.5 Å². The molecule has 0 unspecified atom stereocenters. The molecule has 0 heterocycles. The number of halogens is 5. The minimum Gasteiger partial charge on any atom is -0.495 e. The Morgan fingerprint density at radius 2 is 1.72 bits per heavy atom.